The summed E-state index contributed by atoms with van der Waals surface area (Å²) in [4.78, 5) is 14.6. The summed E-state index contributed by atoms with van der Waals surface area (Å²) >= 11 is 0. The standard InChI is InChI=1S/C14H26N2O2/c1-4-15-13-9-18-8-12(13)14(17)16-6-5-11(7-16)10(2)3/h10-13,15H,4-9H2,1-3H3. The largest absolute Gasteiger partial charge is 0.379 e. The molecule has 2 fully saturated rings. The predicted molar refractivity (Wildman–Crippen MR) is 71.3 cm³/mol. The molecule has 0 spiro atoms. The Morgan fingerprint density at radius 3 is 2.83 bits per heavy atom. The maximum atomic E-state index is 12.5. The van der Waals surface area contributed by atoms with Crippen molar-refractivity contribution in [1.29, 1.82) is 0 Å². The van der Waals surface area contributed by atoms with E-state index in [4.69, 9.17) is 4.74 Å². The molecule has 1 amide bonds. The lowest BCUT2D eigenvalue weighted by Crippen LogP contribution is -2.45. The van der Waals surface area contributed by atoms with E-state index < -0.39 is 0 Å². The molecule has 0 aromatic carbocycles. The van der Waals surface area contributed by atoms with Crippen molar-refractivity contribution in [2.24, 2.45) is 17.8 Å². The van der Waals surface area contributed by atoms with E-state index in [-0.39, 0.29) is 12.0 Å². The van der Waals surface area contributed by atoms with Gasteiger partial charge in [0, 0.05) is 19.1 Å². The van der Waals surface area contributed by atoms with Crippen molar-refractivity contribution in [3.8, 4) is 0 Å². The number of likely N-dealkylation sites (N-methyl/N-ethyl adjacent to an activating group) is 1. The average Bonchev–Trinajstić information content (AvgIpc) is 2.97. The number of ether oxygens (including phenoxy) is 1. The van der Waals surface area contributed by atoms with E-state index in [1.54, 1.807) is 0 Å². The fraction of sp³-hybridized carbons (Fsp3) is 0.929. The van der Waals surface area contributed by atoms with Gasteiger partial charge in [0.25, 0.3) is 0 Å². The molecule has 0 aliphatic carbocycles. The highest BCUT2D eigenvalue weighted by atomic mass is 16.5. The molecule has 0 aromatic heterocycles. The zero-order chi connectivity index (χ0) is 13.1. The monoisotopic (exact) mass is 254 g/mol. The normalized spacial score (nSPS) is 32.4. The highest BCUT2D eigenvalue weighted by Crippen LogP contribution is 2.26. The van der Waals surface area contributed by atoms with Gasteiger partial charge in [-0.3, -0.25) is 4.79 Å². The highest BCUT2D eigenvalue weighted by Gasteiger charge is 2.38. The lowest BCUT2D eigenvalue weighted by molar-refractivity contribution is -0.135. The Hall–Kier alpha value is -0.610. The first kappa shape index (κ1) is 13.8. The molecular formula is C14H26N2O2. The number of rotatable bonds is 4. The van der Waals surface area contributed by atoms with Crippen LogP contribution in [-0.4, -0.2) is 49.7 Å². The summed E-state index contributed by atoms with van der Waals surface area (Å²) in [6, 6.07) is 0.209. The second kappa shape index (κ2) is 6.02. The van der Waals surface area contributed by atoms with E-state index in [2.05, 4.69) is 26.1 Å². The van der Waals surface area contributed by atoms with E-state index in [9.17, 15) is 4.79 Å². The summed E-state index contributed by atoms with van der Waals surface area (Å²) in [5.74, 6) is 1.67. The maximum Gasteiger partial charge on any atom is 0.229 e. The number of carbonyl (C=O) groups excluding carboxylic acids is 1. The van der Waals surface area contributed by atoms with E-state index in [1.165, 1.54) is 0 Å². The molecule has 2 aliphatic rings. The van der Waals surface area contributed by atoms with Crippen LogP contribution in [0.25, 0.3) is 0 Å². The summed E-state index contributed by atoms with van der Waals surface area (Å²) < 4.78 is 5.47. The molecule has 0 radical (unpaired) electrons. The molecule has 0 saturated carbocycles. The van der Waals surface area contributed by atoms with Crippen molar-refractivity contribution in [3.63, 3.8) is 0 Å². The smallest absolute Gasteiger partial charge is 0.229 e. The van der Waals surface area contributed by atoms with Crippen LogP contribution in [0.4, 0.5) is 0 Å². The topological polar surface area (TPSA) is 41.6 Å². The first-order chi connectivity index (χ1) is 8.63. The number of likely N-dealkylation sites (tertiary alicyclic amines) is 1. The number of hydrogen-bond acceptors (Lipinski definition) is 3. The Morgan fingerprint density at radius 2 is 2.22 bits per heavy atom. The molecule has 4 nitrogen and oxygen atoms in total. The zero-order valence-corrected chi connectivity index (χ0v) is 11.8. The third-order valence-electron chi connectivity index (χ3n) is 4.34. The van der Waals surface area contributed by atoms with Crippen molar-refractivity contribution < 1.29 is 9.53 Å². The minimum Gasteiger partial charge on any atom is -0.379 e. The van der Waals surface area contributed by atoms with Gasteiger partial charge in [-0.2, -0.15) is 0 Å². The van der Waals surface area contributed by atoms with Gasteiger partial charge in [0.2, 0.25) is 5.91 Å². The van der Waals surface area contributed by atoms with E-state index in [0.29, 0.717) is 31.0 Å². The first-order valence-electron chi connectivity index (χ1n) is 7.23. The van der Waals surface area contributed by atoms with Crippen molar-refractivity contribution in [3.05, 3.63) is 0 Å². The summed E-state index contributed by atoms with van der Waals surface area (Å²) in [6.07, 6.45) is 1.16. The van der Waals surface area contributed by atoms with Crippen LogP contribution in [0.3, 0.4) is 0 Å². The van der Waals surface area contributed by atoms with Crippen molar-refractivity contribution in [2.45, 2.75) is 33.2 Å². The molecule has 2 heterocycles. The van der Waals surface area contributed by atoms with E-state index >= 15 is 0 Å². The fourth-order valence-electron chi connectivity index (χ4n) is 3.03. The van der Waals surface area contributed by atoms with Gasteiger partial charge >= 0.3 is 0 Å². The fourth-order valence-corrected chi connectivity index (χ4v) is 3.03. The molecule has 104 valence electrons. The highest BCUT2D eigenvalue weighted by molar-refractivity contribution is 5.80. The summed E-state index contributed by atoms with van der Waals surface area (Å²) in [7, 11) is 0. The van der Waals surface area contributed by atoms with E-state index in [1.807, 2.05) is 4.90 Å². The molecule has 0 bridgehead atoms. The average molecular weight is 254 g/mol. The van der Waals surface area contributed by atoms with Gasteiger partial charge in [0.1, 0.15) is 0 Å². The summed E-state index contributed by atoms with van der Waals surface area (Å²) in [6.45, 7) is 10.6. The maximum absolute atomic E-state index is 12.5. The van der Waals surface area contributed by atoms with Crippen LogP contribution in [0.1, 0.15) is 27.2 Å². The minimum atomic E-state index is 0.0239. The number of nitrogens with one attached hydrogen (secondary N) is 1. The van der Waals surface area contributed by atoms with Gasteiger partial charge < -0.3 is 15.0 Å². The van der Waals surface area contributed by atoms with Gasteiger partial charge in [-0.05, 0) is 24.8 Å². The number of hydrogen-bond donors (Lipinski definition) is 1. The van der Waals surface area contributed by atoms with Crippen LogP contribution in [-0.2, 0) is 9.53 Å². The Balaban J connectivity index is 1.91. The molecule has 2 aliphatic heterocycles. The quantitative estimate of drug-likeness (QED) is 0.817. The molecular weight excluding hydrogens is 228 g/mol. The Kier molecular flexibility index (Phi) is 4.62. The van der Waals surface area contributed by atoms with Crippen LogP contribution in [0.15, 0.2) is 0 Å². The van der Waals surface area contributed by atoms with Crippen molar-refractivity contribution >= 4 is 5.91 Å². The third-order valence-corrected chi connectivity index (χ3v) is 4.34. The lowest BCUT2D eigenvalue weighted by atomic mass is 9.95. The summed E-state index contributed by atoms with van der Waals surface area (Å²) in [5, 5.41) is 3.36. The Bertz CT molecular complexity index is 294. The number of amides is 1. The van der Waals surface area contributed by atoms with Gasteiger partial charge in [-0.15, -0.1) is 0 Å². The first-order valence-corrected chi connectivity index (χ1v) is 7.23. The third kappa shape index (κ3) is 2.86. The van der Waals surface area contributed by atoms with Crippen molar-refractivity contribution in [2.75, 3.05) is 32.8 Å². The van der Waals surface area contributed by atoms with Gasteiger partial charge in [0.15, 0.2) is 0 Å². The molecule has 18 heavy (non-hydrogen) atoms. The molecule has 0 aromatic rings. The van der Waals surface area contributed by atoms with Gasteiger partial charge in [0.05, 0.1) is 19.1 Å². The minimum absolute atomic E-state index is 0.0239. The van der Waals surface area contributed by atoms with Gasteiger partial charge in [-0.25, -0.2) is 0 Å². The second-order valence-corrected chi connectivity index (χ2v) is 5.89. The lowest BCUT2D eigenvalue weighted by Gasteiger charge is -2.24. The van der Waals surface area contributed by atoms with Crippen LogP contribution in [0.5, 0.6) is 0 Å². The summed E-state index contributed by atoms with van der Waals surface area (Å²) in [5.41, 5.74) is 0. The Labute approximate surface area is 110 Å². The number of carbonyl (C=O) groups is 1. The zero-order valence-electron chi connectivity index (χ0n) is 11.8. The Morgan fingerprint density at radius 1 is 1.44 bits per heavy atom. The van der Waals surface area contributed by atoms with Crippen LogP contribution < -0.4 is 5.32 Å². The second-order valence-electron chi connectivity index (χ2n) is 5.89. The van der Waals surface area contributed by atoms with Crippen molar-refractivity contribution in [1.82, 2.24) is 10.2 Å². The predicted octanol–water partition coefficient (Wildman–Crippen LogP) is 1.12. The van der Waals surface area contributed by atoms with Gasteiger partial charge in [-0.1, -0.05) is 20.8 Å². The molecule has 3 unspecified atom stereocenters. The number of nitrogens with zero attached hydrogens (tertiary/aromatic N) is 1. The molecule has 2 rings (SSSR count). The molecule has 2 saturated heterocycles. The van der Waals surface area contributed by atoms with Crippen LogP contribution in [0, 0.1) is 17.8 Å². The van der Waals surface area contributed by atoms with Crippen LogP contribution >= 0.6 is 0 Å². The molecule has 4 heteroatoms. The SMILES string of the molecule is CCNC1COCC1C(=O)N1CCC(C(C)C)C1. The molecule has 3 atom stereocenters. The van der Waals surface area contributed by atoms with E-state index in [0.717, 1.165) is 26.1 Å². The molecule has 1 N–H and O–H groups in total. The van der Waals surface area contributed by atoms with Crippen LogP contribution in [0.2, 0.25) is 0 Å².